The third-order valence-corrected chi connectivity index (χ3v) is 3.55. The van der Waals surface area contributed by atoms with Crippen LogP contribution in [-0.2, 0) is 0 Å². The molecular weight excluding hydrogens is 208 g/mol. The lowest BCUT2D eigenvalue weighted by Gasteiger charge is -2.19. The molecule has 0 aliphatic carbocycles. The lowest BCUT2D eigenvalue weighted by atomic mass is 10.1. The van der Waals surface area contributed by atoms with Gasteiger partial charge in [0, 0.05) is 23.8 Å². The minimum atomic E-state index is 0.644. The molecule has 1 atom stereocenters. The van der Waals surface area contributed by atoms with E-state index in [-0.39, 0.29) is 0 Å². The van der Waals surface area contributed by atoms with E-state index in [9.17, 15) is 0 Å². The highest BCUT2D eigenvalue weighted by atomic mass is 35.5. The summed E-state index contributed by atoms with van der Waals surface area (Å²) >= 11 is 6.11. The molecule has 0 radical (unpaired) electrons. The number of aryl methyl sites for hydroxylation is 1. The molecule has 2 N–H and O–H groups in total. The summed E-state index contributed by atoms with van der Waals surface area (Å²) in [7, 11) is 0. The summed E-state index contributed by atoms with van der Waals surface area (Å²) in [5, 5.41) is 0.851. The molecule has 3 heteroatoms. The molecule has 0 spiro atoms. The Morgan fingerprint density at radius 3 is 2.93 bits per heavy atom. The first-order chi connectivity index (χ1) is 7.20. The minimum Gasteiger partial charge on any atom is -0.371 e. The van der Waals surface area contributed by atoms with Crippen LogP contribution in [0, 0.1) is 12.8 Å². The largest absolute Gasteiger partial charge is 0.371 e. The predicted molar refractivity (Wildman–Crippen MR) is 65.6 cm³/mol. The van der Waals surface area contributed by atoms with Crippen LogP contribution in [0.1, 0.15) is 12.0 Å². The van der Waals surface area contributed by atoms with Crippen molar-refractivity contribution < 1.29 is 0 Å². The fourth-order valence-electron chi connectivity index (χ4n) is 2.04. The lowest BCUT2D eigenvalue weighted by molar-refractivity contribution is 0.602. The van der Waals surface area contributed by atoms with Crippen LogP contribution in [0.2, 0.25) is 5.02 Å². The van der Waals surface area contributed by atoms with Gasteiger partial charge in [-0.1, -0.05) is 17.7 Å². The number of benzene rings is 1. The number of rotatable bonds is 2. The molecule has 1 aliphatic rings. The third-order valence-electron chi connectivity index (χ3n) is 3.14. The van der Waals surface area contributed by atoms with Crippen LogP contribution in [0.3, 0.4) is 0 Å². The van der Waals surface area contributed by atoms with Crippen LogP contribution in [0.5, 0.6) is 0 Å². The monoisotopic (exact) mass is 224 g/mol. The molecule has 1 fully saturated rings. The molecule has 1 saturated heterocycles. The van der Waals surface area contributed by atoms with Crippen molar-refractivity contribution in [1.29, 1.82) is 0 Å². The van der Waals surface area contributed by atoms with E-state index >= 15 is 0 Å². The van der Waals surface area contributed by atoms with Crippen molar-refractivity contribution in [1.82, 2.24) is 0 Å². The Labute approximate surface area is 96.0 Å². The van der Waals surface area contributed by atoms with Crippen molar-refractivity contribution in [2.75, 3.05) is 24.5 Å². The van der Waals surface area contributed by atoms with Crippen molar-refractivity contribution >= 4 is 17.3 Å². The molecule has 1 aromatic carbocycles. The van der Waals surface area contributed by atoms with E-state index in [0.29, 0.717) is 5.92 Å². The van der Waals surface area contributed by atoms with E-state index in [4.69, 9.17) is 17.3 Å². The van der Waals surface area contributed by atoms with Crippen molar-refractivity contribution in [2.24, 2.45) is 11.7 Å². The van der Waals surface area contributed by atoms with E-state index < -0.39 is 0 Å². The van der Waals surface area contributed by atoms with Gasteiger partial charge in [0.1, 0.15) is 0 Å². The summed E-state index contributed by atoms with van der Waals surface area (Å²) in [6.07, 6.45) is 1.20. The maximum absolute atomic E-state index is 6.11. The molecule has 0 aromatic heterocycles. The van der Waals surface area contributed by atoms with Gasteiger partial charge in [0.25, 0.3) is 0 Å². The van der Waals surface area contributed by atoms with Gasteiger partial charge >= 0.3 is 0 Å². The Kier molecular flexibility index (Phi) is 3.17. The summed E-state index contributed by atoms with van der Waals surface area (Å²) in [5.41, 5.74) is 8.03. The topological polar surface area (TPSA) is 29.3 Å². The molecule has 1 unspecified atom stereocenters. The molecule has 2 nitrogen and oxygen atoms in total. The van der Waals surface area contributed by atoms with Gasteiger partial charge in [-0.15, -0.1) is 0 Å². The Hall–Kier alpha value is -0.730. The zero-order valence-electron chi connectivity index (χ0n) is 9.04. The minimum absolute atomic E-state index is 0.644. The second kappa shape index (κ2) is 4.42. The first-order valence-electron chi connectivity index (χ1n) is 5.42. The zero-order valence-corrected chi connectivity index (χ0v) is 9.80. The Morgan fingerprint density at radius 1 is 1.53 bits per heavy atom. The first-order valence-corrected chi connectivity index (χ1v) is 5.79. The normalized spacial score (nSPS) is 21.0. The highest BCUT2D eigenvalue weighted by Gasteiger charge is 2.21. The summed E-state index contributed by atoms with van der Waals surface area (Å²) in [4.78, 5) is 2.36. The van der Waals surface area contributed by atoms with Crippen molar-refractivity contribution in [3.05, 3.63) is 28.8 Å². The number of nitrogens with zero attached hydrogens (tertiary/aromatic N) is 1. The van der Waals surface area contributed by atoms with E-state index in [0.717, 1.165) is 30.2 Å². The molecule has 0 amide bonds. The summed E-state index contributed by atoms with van der Waals surface area (Å²) < 4.78 is 0. The fourth-order valence-corrected chi connectivity index (χ4v) is 2.21. The van der Waals surface area contributed by atoms with Gasteiger partial charge in [0.15, 0.2) is 0 Å². The third kappa shape index (κ3) is 2.27. The van der Waals surface area contributed by atoms with Crippen LogP contribution in [0.15, 0.2) is 18.2 Å². The van der Waals surface area contributed by atoms with Crippen LogP contribution >= 0.6 is 11.6 Å². The van der Waals surface area contributed by atoms with Crippen molar-refractivity contribution in [2.45, 2.75) is 13.3 Å². The fraction of sp³-hybridized carbons (Fsp3) is 0.500. The molecule has 1 heterocycles. The van der Waals surface area contributed by atoms with Crippen molar-refractivity contribution in [3.63, 3.8) is 0 Å². The van der Waals surface area contributed by atoms with E-state index in [1.165, 1.54) is 12.1 Å². The average Bonchev–Trinajstić information content (AvgIpc) is 2.70. The highest BCUT2D eigenvalue weighted by molar-refractivity contribution is 6.31. The second-order valence-corrected chi connectivity index (χ2v) is 4.68. The molecule has 15 heavy (non-hydrogen) atoms. The number of hydrogen-bond acceptors (Lipinski definition) is 2. The summed E-state index contributed by atoms with van der Waals surface area (Å²) in [5.74, 6) is 0.644. The maximum Gasteiger partial charge on any atom is 0.0455 e. The van der Waals surface area contributed by atoms with Gasteiger partial charge in [-0.3, -0.25) is 0 Å². The Morgan fingerprint density at radius 2 is 2.33 bits per heavy atom. The standard InChI is InChI=1S/C12H17ClN2/c1-9-2-3-11(6-12(9)13)15-5-4-10(7-14)8-15/h2-3,6,10H,4-5,7-8,14H2,1H3. The van der Waals surface area contributed by atoms with Gasteiger partial charge in [-0.2, -0.15) is 0 Å². The quantitative estimate of drug-likeness (QED) is 0.836. The van der Waals surface area contributed by atoms with Crippen molar-refractivity contribution in [3.8, 4) is 0 Å². The number of nitrogens with two attached hydrogens (primary N) is 1. The number of anilines is 1. The zero-order chi connectivity index (χ0) is 10.8. The van der Waals surface area contributed by atoms with Crippen LogP contribution in [0.25, 0.3) is 0 Å². The maximum atomic E-state index is 6.11. The molecular formula is C12H17ClN2. The van der Waals surface area contributed by atoms with Gasteiger partial charge in [0.05, 0.1) is 0 Å². The molecule has 1 aromatic rings. The number of halogens is 1. The van der Waals surface area contributed by atoms with Gasteiger partial charge in [-0.05, 0) is 43.5 Å². The molecule has 0 saturated carbocycles. The van der Waals surface area contributed by atoms with E-state index in [1.54, 1.807) is 0 Å². The van der Waals surface area contributed by atoms with Crippen LogP contribution in [-0.4, -0.2) is 19.6 Å². The van der Waals surface area contributed by atoms with E-state index in [1.807, 2.05) is 6.92 Å². The molecule has 1 aliphatic heterocycles. The summed E-state index contributed by atoms with van der Waals surface area (Å²) in [6.45, 7) is 4.98. The van der Waals surface area contributed by atoms with Crippen LogP contribution < -0.4 is 10.6 Å². The predicted octanol–water partition coefficient (Wildman–Crippen LogP) is 2.43. The molecule has 2 rings (SSSR count). The average molecular weight is 225 g/mol. The Balaban J connectivity index is 2.13. The number of hydrogen-bond donors (Lipinski definition) is 1. The van der Waals surface area contributed by atoms with Gasteiger partial charge < -0.3 is 10.6 Å². The summed E-state index contributed by atoms with van der Waals surface area (Å²) in [6, 6.07) is 6.27. The first kappa shape index (κ1) is 10.8. The van der Waals surface area contributed by atoms with Crippen LogP contribution in [0.4, 0.5) is 5.69 Å². The molecule has 0 bridgehead atoms. The smallest absolute Gasteiger partial charge is 0.0455 e. The van der Waals surface area contributed by atoms with Gasteiger partial charge in [0.2, 0.25) is 0 Å². The Bertz CT molecular complexity index is 351. The molecule has 82 valence electrons. The lowest BCUT2D eigenvalue weighted by Crippen LogP contribution is -2.22. The van der Waals surface area contributed by atoms with Gasteiger partial charge in [-0.25, -0.2) is 0 Å². The highest BCUT2D eigenvalue weighted by Crippen LogP contribution is 2.27. The SMILES string of the molecule is Cc1ccc(N2CCC(CN)C2)cc1Cl. The van der Waals surface area contributed by atoms with E-state index in [2.05, 4.69) is 23.1 Å². The second-order valence-electron chi connectivity index (χ2n) is 4.27.